The van der Waals surface area contributed by atoms with Crippen LogP contribution in [0.15, 0.2) is 0 Å². The van der Waals surface area contributed by atoms with Crippen LogP contribution in [0.25, 0.3) is 0 Å². The normalized spacial score (nSPS) is 12.6. The van der Waals surface area contributed by atoms with Crippen molar-refractivity contribution < 1.29 is 19.4 Å². The third-order valence-electron chi connectivity index (χ3n) is 2.20. The molecule has 1 atom stereocenters. The Kier molecular flexibility index (Phi) is 8.11. The fourth-order valence-corrected chi connectivity index (χ4v) is 1.26. The summed E-state index contributed by atoms with van der Waals surface area (Å²) in [6.45, 7) is 9.00. The Bertz CT molecular complexity index is 267. The molecule has 3 N–H and O–H groups in total. The van der Waals surface area contributed by atoms with Crippen molar-refractivity contribution in [3.8, 4) is 0 Å². The van der Waals surface area contributed by atoms with Crippen LogP contribution in [0.1, 0.15) is 27.7 Å². The monoisotopic (exact) mass is 260 g/mol. The van der Waals surface area contributed by atoms with Crippen LogP contribution in [0, 0.1) is 11.8 Å². The minimum Gasteiger partial charge on any atom is -0.480 e. The van der Waals surface area contributed by atoms with Crippen LogP contribution < -0.4 is 10.6 Å². The van der Waals surface area contributed by atoms with Gasteiger partial charge in [-0.1, -0.05) is 27.7 Å². The van der Waals surface area contributed by atoms with Crippen LogP contribution in [0.3, 0.4) is 0 Å². The van der Waals surface area contributed by atoms with Gasteiger partial charge in [-0.2, -0.15) is 0 Å². The number of hydrogen-bond donors (Lipinski definition) is 3. The average molecular weight is 260 g/mol. The number of rotatable bonds is 8. The summed E-state index contributed by atoms with van der Waals surface area (Å²) in [6, 6.07) is -1.36. The number of carboxylic acid groups (broad SMARTS) is 1. The van der Waals surface area contributed by atoms with Crippen molar-refractivity contribution in [3.05, 3.63) is 0 Å². The third-order valence-corrected chi connectivity index (χ3v) is 2.20. The molecule has 0 aromatic heterocycles. The molecule has 0 aromatic carbocycles. The number of carbonyl (C=O) groups excluding carboxylic acids is 1. The maximum atomic E-state index is 11.4. The Hall–Kier alpha value is -1.30. The number of amides is 2. The molecule has 6 nitrogen and oxygen atoms in total. The van der Waals surface area contributed by atoms with Gasteiger partial charge in [0.2, 0.25) is 0 Å². The highest BCUT2D eigenvalue weighted by Crippen LogP contribution is 2.01. The van der Waals surface area contributed by atoms with Crippen LogP contribution in [0.5, 0.6) is 0 Å². The van der Waals surface area contributed by atoms with Gasteiger partial charge in [-0.05, 0) is 11.8 Å². The molecule has 6 heteroatoms. The fourth-order valence-electron chi connectivity index (χ4n) is 1.26. The molecule has 0 aliphatic rings. The van der Waals surface area contributed by atoms with Crippen molar-refractivity contribution in [3.63, 3.8) is 0 Å². The molecule has 0 spiro atoms. The van der Waals surface area contributed by atoms with E-state index in [0.29, 0.717) is 25.7 Å². The van der Waals surface area contributed by atoms with Gasteiger partial charge in [0.25, 0.3) is 0 Å². The average Bonchev–Trinajstić information content (AvgIpc) is 2.24. The summed E-state index contributed by atoms with van der Waals surface area (Å²) in [7, 11) is 0. The molecular weight excluding hydrogens is 236 g/mol. The molecule has 0 rings (SSSR count). The number of nitrogens with one attached hydrogen (secondary N) is 2. The molecule has 106 valence electrons. The molecule has 2 amide bonds. The van der Waals surface area contributed by atoms with Gasteiger partial charge in [-0.25, -0.2) is 9.59 Å². The lowest BCUT2D eigenvalue weighted by Gasteiger charge is -2.18. The van der Waals surface area contributed by atoms with Crippen molar-refractivity contribution in [2.45, 2.75) is 33.7 Å². The van der Waals surface area contributed by atoms with Crippen LogP contribution in [-0.4, -0.2) is 42.9 Å². The standard InChI is InChI=1S/C12H24N2O4/c1-8(2)7-18-6-5-13-12(17)14-10(9(3)4)11(15)16/h8-10H,5-7H2,1-4H3,(H,15,16)(H2,13,14,17)/t10-/m1/s1. The SMILES string of the molecule is CC(C)COCCNC(=O)N[C@@H](C(=O)O)C(C)C. The Morgan fingerprint density at radius 3 is 2.28 bits per heavy atom. The Morgan fingerprint density at radius 2 is 1.83 bits per heavy atom. The van der Waals surface area contributed by atoms with E-state index in [1.54, 1.807) is 13.8 Å². The predicted octanol–water partition coefficient (Wildman–Crippen LogP) is 1.07. The smallest absolute Gasteiger partial charge is 0.326 e. The first-order valence-corrected chi connectivity index (χ1v) is 6.19. The van der Waals surface area contributed by atoms with Gasteiger partial charge in [0.05, 0.1) is 6.61 Å². The number of ether oxygens (including phenoxy) is 1. The zero-order valence-corrected chi connectivity index (χ0v) is 11.5. The molecule has 0 saturated heterocycles. The number of carbonyl (C=O) groups is 2. The second-order valence-corrected chi connectivity index (χ2v) is 4.93. The lowest BCUT2D eigenvalue weighted by molar-refractivity contribution is -0.140. The lowest BCUT2D eigenvalue weighted by Crippen LogP contribution is -2.49. The van der Waals surface area contributed by atoms with Gasteiger partial charge < -0.3 is 20.5 Å². The quantitative estimate of drug-likeness (QED) is 0.570. The van der Waals surface area contributed by atoms with E-state index in [4.69, 9.17) is 9.84 Å². The molecular formula is C12H24N2O4. The van der Waals surface area contributed by atoms with Crippen molar-refractivity contribution >= 4 is 12.0 Å². The third kappa shape index (κ3) is 7.89. The summed E-state index contributed by atoms with van der Waals surface area (Å²) in [4.78, 5) is 22.3. The van der Waals surface area contributed by atoms with Gasteiger partial charge in [0.15, 0.2) is 0 Å². The van der Waals surface area contributed by atoms with Crippen LogP contribution >= 0.6 is 0 Å². The lowest BCUT2D eigenvalue weighted by atomic mass is 10.1. The molecule has 0 radical (unpaired) electrons. The maximum Gasteiger partial charge on any atom is 0.326 e. The summed E-state index contributed by atoms with van der Waals surface area (Å²) >= 11 is 0. The molecule has 0 aliphatic heterocycles. The van der Waals surface area contributed by atoms with Crippen LogP contribution in [0.4, 0.5) is 4.79 Å². The summed E-state index contributed by atoms with van der Waals surface area (Å²) in [5.74, 6) is -0.738. The van der Waals surface area contributed by atoms with E-state index in [1.807, 2.05) is 13.8 Å². The minimum atomic E-state index is -1.03. The molecule has 0 heterocycles. The zero-order valence-electron chi connectivity index (χ0n) is 11.5. The number of hydrogen-bond acceptors (Lipinski definition) is 3. The molecule has 0 saturated carbocycles. The molecule has 0 unspecified atom stereocenters. The van der Waals surface area contributed by atoms with E-state index in [1.165, 1.54) is 0 Å². The Balaban J connectivity index is 3.79. The summed E-state index contributed by atoms with van der Waals surface area (Å²) < 4.78 is 5.29. The fraction of sp³-hybridized carbons (Fsp3) is 0.833. The van der Waals surface area contributed by atoms with Crippen molar-refractivity contribution in [1.82, 2.24) is 10.6 Å². The van der Waals surface area contributed by atoms with E-state index in [2.05, 4.69) is 10.6 Å². The van der Waals surface area contributed by atoms with Crippen LogP contribution in [-0.2, 0) is 9.53 Å². The summed E-state index contributed by atoms with van der Waals surface area (Å²) in [5, 5.41) is 13.9. The first-order chi connectivity index (χ1) is 8.34. The van der Waals surface area contributed by atoms with Gasteiger partial charge >= 0.3 is 12.0 Å². The van der Waals surface area contributed by atoms with Crippen molar-refractivity contribution in [2.75, 3.05) is 19.8 Å². The first-order valence-electron chi connectivity index (χ1n) is 6.19. The zero-order chi connectivity index (χ0) is 14.1. The molecule has 18 heavy (non-hydrogen) atoms. The minimum absolute atomic E-state index is 0.162. The highest BCUT2D eigenvalue weighted by Gasteiger charge is 2.22. The maximum absolute atomic E-state index is 11.4. The van der Waals surface area contributed by atoms with Gasteiger partial charge in [0.1, 0.15) is 6.04 Å². The number of carboxylic acids is 1. The van der Waals surface area contributed by atoms with E-state index in [-0.39, 0.29) is 5.92 Å². The summed E-state index contributed by atoms with van der Waals surface area (Å²) in [5.41, 5.74) is 0. The van der Waals surface area contributed by atoms with Crippen LogP contribution in [0.2, 0.25) is 0 Å². The van der Waals surface area contributed by atoms with Crippen molar-refractivity contribution in [1.29, 1.82) is 0 Å². The van der Waals surface area contributed by atoms with E-state index < -0.39 is 18.0 Å². The highest BCUT2D eigenvalue weighted by atomic mass is 16.5. The van der Waals surface area contributed by atoms with Gasteiger partial charge in [-0.15, -0.1) is 0 Å². The van der Waals surface area contributed by atoms with Crippen molar-refractivity contribution in [2.24, 2.45) is 11.8 Å². The molecule has 0 fully saturated rings. The number of aliphatic carboxylic acids is 1. The second-order valence-electron chi connectivity index (χ2n) is 4.93. The Morgan fingerprint density at radius 1 is 1.22 bits per heavy atom. The second kappa shape index (κ2) is 8.74. The van der Waals surface area contributed by atoms with Gasteiger partial charge in [0, 0.05) is 13.2 Å². The first kappa shape index (κ1) is 16.7. The van der Waals surface area contributed by atoms with E-state index >= 15 is 0 Å². The molecule has 0 aromatic rings. The van der Waals surface area contributed by atoms with Gasteiger partial charge in [-0.3, -0.25) is 0 Å². The molecule has 0 aliphatic carbocycles. The molecule has 0 bridgehead atoms. The largest absolute Gasteiger partial charge is 0.480 e. The predicted molar refractivity (Wildman–Crippen MR) is 68.5 cm³/mol. The van der Waals surface area contributed by atoms with E-state index in [9.17, 15) is 9.59 Å². The summed E-state index contributed by atoms with van der Waals surface area (Å²) in [6.07, 6.45) is 0. The Labute approximate surface area is 108 Å². The highest BCUT2D eigenvalue weighted by molar-refractivity contribution is 5.82. The number of urea groups is 1. The van der Waals surface area contributed by atoms with E-state index in [0.717, 1.165) is 0 Å². The topological polar surface area (TPSA) is 87.7 Å².